The number of aliphatic imine (C=N–C) groups is 1. The van der Waals surface area contributed by atoms with Crippen LogP contribution in [0.25, 0.3) is 0 Å². The highest BCUT2D eigenvalue weighted by Crippen LogP contribution is 2.17. The number of ether oxygens (including phenoxy) is 1. The SMILES string of the molecule is CC(C)(C)OC(=O)NC1=NNC(CC2CCCNC2=O)C=N1. The highest BCUT2D eigenvalue weighted by Gasteiger charge is 2.26. The van der Waals surface area contributed by atoms with Crippen molar-refractivity contribution in [1.29, 1.82) is 0 Å². The highest BCUT2D eigenvalue weighted by atomic mass is 16.6. The summed E-state index contributed by atoms with van der Waals surface area (Å²) < 4.78 is 5.12. The Labute approximate surface area is 129 Å². The van der Waals surface area contributed by atoms with Crippen LogP contribution in [0, 0.1) is 5.92 Å². The molecule has 2 aliphatic rings. The number of nitrogens with one attached hydrogen (secondary N) is 3. The van der Waals surface area contributed by atoms with E-state index in [0.29, 0.717) is 6.42 Å². The molecule has 0 aromatic carbocycles. The summed E-state index contributed by atoms with van der Waals surface area (Å²) in [6.45, 7) is 6.09. The van der Waals surface area contributed by atoms with E-state index in [1.54, 1.807) is 27.0 Å². The molecule has 0 radical (unpaired) electrons. The van der Waals surface area contributed by atoms with Gasteiger partial charge in [0.05, 0.1) is 6.04 Å². The summed E-state index contributed by atoms with van der Waals surface area (Å²) in [6, 6.07) is -0.113. The standard InChI is InChI=1S/C14H23N5O3/c1-14(2,3)22-13(21)17-12-16-8-10(18-19-12)7-9-5-4-6-15-11(9)20/h8-10,18H,4-7H2,1-3H3,(H,15,20)(H,17,19,21). The molecule has 0 aliphatic carbocycles. The Kier molecular flexibility index (Phi) is 4.99. The topological polar surface area (TPSA) is 104 Å². The molecule has 2 amide bonds. The Balaban J connectivity index is 1.79. The second-order valence-corrected chi connectivity index (χ2v) is 6.44. The van der Waals surface area contributed by atoms with E-state index in [-0.39, 0.29) is 23.8 Å². The molecule has 0 bridgehead atoms. The third-order valence-electron chi connectivity index (χ3n) is 3.26. The van der Waals surface area contributed by atoms with E-state index < -0.39 is 11.7 Å². The fourth-order valence-electron chi connectivity index (χ4n) is 2.30. The van der Waals surface area contributed by atoms with Gasteiger partial charge in [-0.1, -0.05) is 0 Å². The first kappa shape index (κ1) is 16.3. The number of nitrogens with zero attached hydrogens (tertiary/aromatic N) is 2. The number of guanidine groups is 1. The molecule has 2 atom stereocenters. The largest absolute Gasteiger partial charge is 0.444 e. The minimum atomic E-state index is -0.602. The van der Waals surface area contributed by atoms with Crippen molar-refractivity contribution in [1.82, 2.24) is 16.1 Å². The average Bonchev–Trinajstić information content (AvgIpc) is 2.41. The first-order chi connectivity index (χ1) is 10.3. The van der Waals surface area contributed by atoms with Gasteiger partial charge in [-0.25, -0.2) is 9.79 Å². The van der Waals surface area contributed by atoms with Crippen LogP contribution in [0.2, 0.25) is 0 Å². The molecular weight excluding hydrogens is 286 g/mol. The minimum absolute atomic E-state index is 0.0201. The summed E-state index contributed by atoms with van der Waals surface area (Å²) in [5.41, 5.74) is 2.32. The maximum Gasteiger partial charge on any atom is 0.414 e. The van der Waals surface area contributed by atoms with Gasteiger partial charge in [0.25, 0.3) is 0 Å². The van der Waals surface area contributed by atoms with Crippen molar-refractivity contribution in [2.24, 2.45) is 16.0 Å². The summed E-state index contributed by atoms with van der Waals surface area (Å²) >= 11 is 0. The first-order valence-electron chi connectivity index (χ1n) is 7.48. The zero-order chi connectivity index (χ0) is 16.2. The number of alkyl carbamates (subject to hydrolysis) is 1. The Bertz CT molecular complexity index is 495. The third kappa shape index (κ3) is 5.01. The predicted molar refractivity (Wildman–Crippen MR) is 82.6 cm³/mol. The van der Waals surface area contributed by atoms with Gasteiger partial charge in [0.1, 0.15) is 5.60 Å². The Hall–Kier alpha value is -2.12. The predicted octanol–water partition coefficient (Wildman–Crippen LogP) is 0.741. The number of carbonyl (C=O) groups is 2. The molecule has 3 N–H and O–H groups in total. The molecule has 1 fully saturated rings. The zero-order valence-electron chi connectivity index (χ0n) is 13.2. The molecule has 8 heteroatoms. The monoisotopic (exact) mass is 309 g/mol. The second kappa shape index (κ2) is 6.76. The first-order valence-corrected chi connectivity index (χ1v) is 7.48. The van der Waals surface area contributed by atoms with Gasteiger partial charge in [-0.2, -0.15) is 0 Å². The number of carbonyl (C=O) groups excluding carboxylic acids is 2. The van der Waals surface area contributed by atoms with E-state index in [2.05, 4.69) is 26.2 Å². The number of piperidine rings is 1. The molecule has 0 aromatic heterocycles. The summed E-state index contributed by atoms with van der Waals surface area (Å²) in [6.07, 6.45) is 3.56. The lowest BCUT2D eigenvalue weighted by Gasteiger charge is -2.25. The van der Waals surface area contributed by atoms with Crippen molar-refractivity contribution >= 4 is 24.2 Å². The van der Waals surface area contributed by atoms with Crippen LogP contribution in [0.1, 0.15) is 40.0 Å². The molecule has 8 nitrogen and oxygen atoms in total. The van der Waals surface area contributed by atoms with Crippen LogP contribution in [0.4, 0.5) is 4.79 Å². The third-order valence-corrected chi connectivity index (χ3v) is 3.26. The smallest absolute Gasteiger partial charge is 0.414 e. The molecule has 2 aliphatic heterocycles. The highest BCUT2D eigenvalue weighted by molar-refractivity contribution is 5.99. The van der Waals surface area contributed by atoms with Crippen LogP contribution in [-0.2, 0) is 9.53 Å². The van der Waals surface area contributed by atoms with Gasteiger partial charge < -0.3 is 10.1 Å². The van der Waals surface area contributed by atoms with E-state index in [9.17, 15) is 9.59 Å². The van der Waals surface area contributed by atoms with Gasteiger partial charge in [-0.3, -0.25) is 15.5 Å². The van der Waals surface area contributed by atoms with Gasteiger partial charge >= 0.3 is 6.09 Å². The van der Waals surface area contributed by atoms with Gasteiger partial charge in [0.2, 0.25) is 11.9 Å². The van der Waals surface area contributed by atoms with Crippen molar-refractivity contribution in [2.45, 2.75) is 51.7 Å². The molecule has 0 spiro atoms. The summed E-state index contributed by atoms with van der Waals surface area (Å²) in [7, 11) is 0. The number of hydrogen-bond donors (Lipinski definition) is 3. The van der Waals surface area contributed by atoms with Crippen molar-refractivity contribution in [2.75, 3.05) is 6.54 Å². The molecule has 2 heterocycles. The van der Waals surface area contributed by atoms with Crippen LogP contribution < -0.4 is 16.1 Å². The van der Waals surface area contributed by atoms with E-state index in [1.807, 2.05) is 0 Å². The van der Waals surface area contributed by atoms with Gasteiger partial charge in [0, 0.05) is 18.7 Å². The van der Waals surface area contributed by atoms with Crippen molar-refractivity contribution in [3.63, 3.8) is 0 Å². The average molecular weight is 309 g/mol. The molecule has 22 heavy (non-hydrogen) atoms. The number of hydrogen-bond acceptors (Lipinski definition) is 6. The normalized spacial score (nSPS) is 24.9. The Morgan fingerprint density at radius 2 is 2.27 bits per heavy atom. The maximum atomic E-state index is 11.7. The lowest BCUT2D eigenvalue weighted by molar-refractivity contribution is -0.126. The van der Waals surface area contributed by atoms with Crippen molar-refractivity contribution in [3.05, 3.63) is 0 Å². The van der Waals surface area contributed by atoms with Crippen molar-refractivity contribution < 1.29 is 14.3 Å². The fraction of sp³-hybridized carbons (Fsp3) is 0.714. The van der Waals surface area contributed by atoms with Crippen LogP contribution in [0.3, 0.4) is 0 Å². The molecule has 2 unspecified atom stereocenters. The van der Waals surface area contributed by atoms with Gasteiger partial charge in [-0.05, 0) is 40.0 Å². The molecule has 0 aromatic rings. The summed E-state index contributed by atoms with van der Waals surface area (Å²) in [4.78, 5) is 27.4. The van der Waals surface area contributed by atoms with Crippen LogP contribution in [0.5, 0.6) is 0 Å². The Morgan fingerprint density at radius 3 is 2.86 bits per heavy atom. The van der Waals surface area contributed by atoms with Crippen LogP contribution in [-0.4, -0.2) is 42.4 Å². The summed E-state index contributed by atoms with van der Waals surface area (Å²) in [5.74, 6) is 0.218. The number of hydrazone groups is 1. The number of amides is 2. The van der Waals surface area contributed by atoms with Crippen molar-refractivity contribution in [3.8, 4) is 0 Å². The maximum absolute atomic E-state index is 11.7. The molecule has 2 rings (SSSR count). The quantitative estimate of drug-likeness (QED) is 0.700. The van der Waals surface area contributed by atoms with Gasteiger partial charge in [0.15, 0.2) is 0 Å². The zero-order valence-corrected chi connectivity index (χ0v) is 13.2. The second-order valence-electron chi connectivity index (χ2n) is 6.44. The van der Waals surface area contributed by atoms with Crippen LogP contribution in [0.15, 0.2) is 10.1 Å². The fourth-order valence-corrected chi connectivity index (χ4v) is 2.30. The Morgan fingerprint density at radius 1 is 1.50 bits per heavy atom. The van der Waals surface area contributed by atoms with E-state index in [1.165, 1.54) is 0 Å². The molecular formula is C14H23N5O3. The lowest BCUT2D eigenvalue weighted by Crippen LogP contribution is -2.43. The van der Waals surface area contributed by atoms with E-state index >= 15 is 0 Å². The molecule has 122 valence electrons. The van der Waals surface area contributed by atoms with Gasteiger partial charge in [-0.15, -0.1) is 5.10 Å². The van der Waals surface area contributed by atoms with E-state index in [4.69, 9.17) is 4.74 Å². The van der Waals surface area contributed by atoms with Crippen LogP contribution >= 0.6 is 0 Å². The lowest BCUT2D eigenvalue weighted by atomic mass is 9.92. The molecule has 0 saturated carbocycles. The minimum Gasteiger partial charge on any atom is -0.444 e. The summed E-state index contributed by atoms with van der Waals surface area (Å²) in [5, 5.41) is 9.31. The molecule has 1 saturated heterocycles. The number of rotatable bonds is 2. The van der Waals surface area contributed by atoms with E-state index in [0.717, 1.165) is 19.4 Å².